The van der Waals surface area contributed by atoms with Gasteiger partial charge in [-0.15, -0.1) is 10.2 Å². The van der Waals surface area contributed by atoms with Crippen molar-refractivity contribution in [3.63, 3.8) is 0 Å². The molecule has 1 unspecified atom stereocenters. The van der Waals surface area contributed by atoms with Crippen LogP contribution in [0.4, 0.5) is 11.8 Å². The van der Waals surface area contributed by atoms with E-state index in [-0.39, 0.29) is 6.10 Å². The molecule has 0 radical (unpaired) electrons. The largest absolute Gasteiger partial charge is 0.381 e. The summed E-state index contributed by atoms with van der Waals surface area (Å²) in [5, 5.41) is 15.9. The highest BCUT2D eigenvalue weighted by atomic mass is 16.5. The molecule has 0 saturated carbocycles. The van der Waals surface area contributed by atoms with Crippen LogP contribution >= 0.6 is 0 Å². The first kappa shape index (κ1) is 18.1. The minimum Gasteiger partial charge on any atom is -0.381 e. The van der Waals surface area contributed by atoms with Crippen LogP contribution in [-0.2, 0) is 18.2 Å². The van der Waals surface area contributed by atoms with Gasteiger partial charge in [0.1, 0.15) is 11.6 Å². The summed E-state index contributed by atoms with van der Waals surface area (Å²) in [7, 11) is 3.58. The van der Waals surface area contributed by atoms with E-state index in [1.165, 1.54) is 0 Å². The predicted octanol–water partition coefficient (Wildman–Crippen LogP) is 2.63. The first-order chi connectivity index (χ1) is 13.7. The van der Waals surface area contributed by atoms with Gasteiger partial charge >= 0.3 is 0 Å². The molecule has 0 aliphatic rings. The number of pyridine rings is 1. The molecule has 1 N–H and O–H groups in total. The molecule has 0 aliphatic carbocycles. The highest BCUT2D eigenvalue weighted by Crippen LogP contribution is 2.21. The van der Waals surface area contributed by atoms with Gasteiger partial charge in [0.05, 0.1) is 18.0 Å². The normalized spacial score (nSPS) is 12.4. The van der Waals surface area contributed by atoms with Crippen molar-refractivity contribution in [3.8, 4) is 11.3 Å². The molecule has 4 heterocycles. The molecule has 0 spiro atoms. The predicted molar refractivity (Wildman–Crippen MR) is 105 cm³/mol. The Balaban J connectivity index is 1.61. The zero-order chi connectivity index (χ0) is 19.5. The van der Waals surface area contributed by atoms with Crippen LogP contribution in [0.2, 0.25) is 0 Å². The molecule has 0 fully saturated rings. The summed E-state index contributed by atoms with van der Waals surface area (Å²) in [5.41, 5.74) is 2.52. The molecule has 144 valence electrons. The number of ether oxygens (including phenoxy) is 1. The van der Waals surface area contributed by atoms with Gasteiger partial charge in [-0.3, -0.25) is 9.08 Å². The summed E-state index contributed by atoms with van der Waals surface area (Å²) in [6.45, 7) is 2.10. The monoisotopic (exact) mass is 378 g/mol. The maximum Gasteiger partial charge on any atom is 0.228 e. The lowest BCUT2D eigenvalue weighted by atomic mass is 10.2. The molecule has 1 atom stereocenters. The Labute approximate surface area is 162 Å². The Hall–Kier alpha value is -3.33. The number of nitrogens with zero attached hydrogens (tertiary/aromatic N) is 7. The molecule has 9 heteroatoms. The van der Waals surface area contributed by atoms with Crippen LogP contribution in [0, 0.1) is 0 Å². The third kappa shape index (κ3) is 3.56. The van der Waals surface area contributed by atoms with E-state index in [9.17, 15) is 0 Å². The van der Waals surface area contributed by atoms with Crippen molar-refractivity contribution in [2.75, 3.05) is 12.4 Å². The van der Waals surface area contributed by atoms with Crippen LogP contribution in [0.5, 0.6) is 0 Å². The second kappa shape index (κ2) is 7.73. The minimum absolute atomic E-state index is 0.134. The number of methoxy groups -OCH3 is 1. The summed E-state index contributed by atoms with van der Waals surface area (Å²) in [4.78, 5) is 8.90. The van der Waals surface area contributed by atoms with E-state index >= 15 is 0 Å². The molecule has 0 amide bonds. The van der Waals surface area contributed by atoms with E-state index in [0.717, 1.165) is 41.4 Å². The van der Waals surface area contributed by atoms with Gasteiger partial charge in [-0.05, 0) is 24.6 Å². The molecule has 28 heavy (non-hydrogen) atoms. The lowest BCUT2D eigenvalue weighted by Crippen LogP contribution is -2.14. The van der Waals surface area contributed by atoms with Crippen molar-refractivity contribution < 1.29 is 4.74 Å². The lowest BCUT2D eigenvalue weighted by Gasteiger charge is -2.11. The third-order valence-electron chi connectivity index (χ3n) is 4.69. The standard InChI is InChI=1S/C19H22N8O/c1-4-14(28-3)12-18-25-24-17-11-13(7-10-27(17)18)15-5-8-20-19(22-15)23-16-6-9-21-26(16)2/h5-11,14H,4,12H2,1-3H3,(H,20,22,23). The fourth-order valence-corrected chi connectivity index (χ4v) is 3.03. The van der Waals surface area contributed by atoms with Gasteiger partial charge in [-0.25, -0.2) is 9.97 Å². The van der Waals surface area contributed by atoms with E-state index in [0.29, 0.717) is 5.95 Å². The van der Waals surface area contributed by atoms with Crippen molar-refractivity contribution >= 4 is 17.4 Å². The van der Waals surface area contributed by atoms with Crippen molar-refractivity contribution in [2.24, 2.45) is 7.05 Å². The topological polar surface area (TPSA) is 95.1 Å². The second-order valence-electron chi connectivity index (χ2n) is 6.46. The first-order valence-corrected chi connectivity index (χ1v) is 9.13. The van der Waals surface area contributed by atoms with Gasteiger partial charge < -0.3 is 10.1 Å². The summed E-state index contributed by atoms with van der Waals surface area (Å²) in [6.07, 6.45) is 7.20. The Morgan fingerprint density at radius 1 is 1.18 bits per heavy atom. The number of aryl methyl sites for hydroxylation is 1. The summed E-state index contributed by atoms with van der Waals surface area (Å²) >= 11 is 0. The second-order valence-corrected chi connectivity index (χ2v) is 6.46. The molecular formula is C19H22N8O. The SMILES string of the molecule is CCC(Cc1nnc2cc(-c3ccnc(Nc4ccnn4C)n3)ccn12)OC. The zero-order valence-electron chi connectivity index (χ0n) is 16.1. The Morgan fingerprint density at radius 2 is 2.07 bits per heavy atom. The van der Waals surface area contributed by atoms with Crippen molar-refractivity contribution in [2.45, 2.75) is 25.9 Å². The smallest absolute Gasteiger partial charge is 0.228 e. The molecule has 0 saturated heterocycles. The molecule has 4 aromatic heterocycles. The van der Waals surface area contributed by atoms with Gasteiger partial charge in [0.2, 0.25) is 5.95 Å². The maximum atomic E-state index is 5.47. The number of anilines is 2. The molecule has 0 aliphatic heterocycles. The fraction of sp³-hybridized carbons (Fsp3) is 0.316. The summed E-state index contributed by atoms with van der Waals surface area (Å²) in [6, 6.07) is 7.71. The van der Waals surface area contributed by atoms with E-state index < -0.39 is 0 Å². The minimum atomic E-state index is 0.134. The van der Waals surface area contributed by atoms with E-state index in [1.807, 2.05) is 41.9 Å². The highest BCUT2D eigenvalue weighted by molar-refractivity contribution is 5.65. The quantitative estimate of drug-likeness (QED) is 0.528. The number of nitrogens with one attached hydrogen (secondary N) is 1. The van der Waals surface area contributed by atoms with Crippen LogP contribution in [-0.4, -0.2) is 47.6 Å². The number of aromatic nitrogens is 7. The first-order valence-electron chi connectivity index (χ1n) is 9.13. The van der Waals surface area contributed by atoms with Gasteiger partial charge in [0.15, 0.2) is 5.65 Å². The number of rotatable bonds is 7. The molecule has 9 nitrogen and oxygen atoms in total. The Morgan fingerprint density at radius 3 is 2.82 bits per heavy atom. The fourth-order valence-electron chi connectivity index (χ4n) is 3.03. The highest BCUT2D eigenvalue weighted by Gasteiger charge is 2.13. The van der Waals surface area contributed by atoms with Gasteiger partial charge in [-0.2, -0.15) is 5.10 Å². The Kier molecular flexibility index (Phi) is 4.98. The number of hydrogen-bond donors (Lipinski definition) is 1. The van der Waals surface area contributed by atoms with Crippen LogP contribution < -0.4 is 5.32 Å². The summed E-state index contributed by atoms with van der Waals surface area (Å²) in [5.74, 6) is 2.21. The average Bonchev–Trinajstić information content (AvgIpc) is 3.32. The van der Waals surface area contributed by atoms with E-state index in [2.05, 4.69) is 37.5 Å². The van der Waals surface area contributed by atoms with Crippen molar-refractivity contribution in [1.82, 2.24) is 34.3 Å². The van der Waals surface area contributed by atoms with Crippen molar-refractivity contribution in [3.05, 3.63) is 48.7 Å². The molecule has 0 bridgehead atoms. The lowest BCUT2D eigenvalue weighted by molar-refractivity contribution is 0.0979. The third-order valence-corrected chi connectivity index (χ3v) is 4.69. The van der Waals surface area contributed by atoms with Crippen LogP contribution in [0.3, 0.4) is 0 Å². The molecule has 4 rings (SSSR count). The van der Waals surface area contributed by atoms with Gasteiger partial charge in [-0.1, -0.05) is 6.92 Å². The van der Waals surface area contributed by atoms with Crippen LogP contribution in [0.15, 0.2) is 42.9 Å². The van der Waals surface area contributed by atoms with E-state index in [1.54, 1.807) is 24.2 Å². The average molecular weight is 378 g/mol. The molecule has 0 aromatic carbocycles. The van der Waals surface area contributed by atoms with E-state index in [4.69, 9.17) is 4.74 Å². The number of hydrogen-bond acceptors (Lipinski definition) is 7. The zero-order valence-corrected chi connectivity index (χ0v) is 16.1. The van der Waals surface area contributed by atoms with Crippen molar-refractivity contribution in [1.29, 1.82) is 0 Å². The van der Waals surface area contributed by atoms with Crippen LogP contribution in [0.25, 0.3) is 16.9 Å². The molecular weight excluding hydrogens is 356 g/mol. The van der Waals surface area contributed by atoms with Gasteiger partial charge in [0.25, 0.3) is 0 Å². The van der Waals surface area contributed by atoms with Gasteiger partial charge in [0, 0.05) is 44.6 Å². The number of fused-ring (bicyclic) bond motifs is 1. The maximum absolute atomic E-state index is 5.47. The van der Waals surface area contributed by atoms with Crippen LogP contribution in [0.1, 0.15) is 19.2 Å². The summed E-state index contributed by atoms with van der Waals surface area (Å²) < 4.78 is 9.18. The molecule has 4 aromatic rings. The Bertz CT molecular complexity index is 1080.